The van der Waals surface area contributed by atoms with E-state index in [-0.39, 0.29) is 67.3 Å². The number of hydrogen-bond donors (Lipinski definition) is 0. The van der Waals surface area contributed by atoms with E-state index in [1.807, 2.05) is 0 Å². The summed E-state index contributed by atoms with van der Waals surface area (Å²) in [4.78, 5) is 0. The van der Waals surface area contributed by atoms with Gasteiger partial charge in [-0.15, -0.1) is 0 Å². The molecule has 5 nitrogen and oxygen atoms in total. The fourth-order valence-electron chi connectivity index (χ4n) is 0. The molecule has 0 rings (SSSR count). The van der Waals surface area contributed by atoms with E-state index in [0.29, 0.717) is 0 Å². The van der Waals surface area contributed by atoms with Gasteiger partial charge in [0, 0.05) is 0 Å². The Kier molecular flexibility index (Phi) is 11000. The van der Waals surface area contributed by atoms with Gasteiger partial charge in [-0.1, -0.05) is 0 Å². The molecule has 0 aromatic heterocycles. The molecule has 7 heavy (non-hydrogen) atoms. The van der Waals surface area contributed by atoms with Crippen LogP contribution in [0.5, 0.6) is 0 Å². The van der Waals surface area contributed by atoms with Crippen molar-refractivity contribution in [2.45, 2.75) is 0 Å². The monoisotopic (exact) mass is 294 g/mol. The predicted octanol–water partition coefficient (Wildman–Crippen LogP) is -0.889. The summed E-state index contributed by atoms with van der Waals surface area (Å²) in [5.74, 6) is 0. The average Bonchev–Trinajstić information content (AvgIpc) is 0. The molecular weight excluding hydrogens is 289 g/mol. The van der Waals surface area contributed by atoms with Gasteiger partial charge in [-0.3, -0.25) is 0 Å². The summed E-state index contributed by atoms with van der Waals surface area (Å²) < 4.78 is 0. The van der Waals surface area contributed by atoms with Gasteiger partial charge in [0.05, 0.1) is 0 Å². The quantitative estimate of drug-likeness (QED) is 0.531. The normalized spacial score (nSPS) is 0. The van der Waals surface area contributed by atoms with E-state index in [9.17, 15) is 0 Å². The van der Waals surface area contributed by atoms with Gasteiger partial charge in [0.2, 0.25) is 0 Å². The summed E-state index contributed by atoms with van der Waals surface area (Å²) in [6.07, 6.45) is 0. The summed E-state index contributed by atoms with van der Waals surface area (Å²) in [6.45, 7) is 0. The molecule has 0 heterocycles. The molecule has 0 saturated carbocycles. The van der Waals surface area contributed by atoms with Gasteiger partial charge in [0.15, 0.2) is 0 Å². The fourth-order valence-corrected chi connectivity index (χ4v) is 0. The van der Waals surface area contributed by atoms with Gasteiger partial charge in [0.25, 0.3) is 0 Å². The maximum Gasteiger partial charge on any atom is 3.00 e. The molecule has 0 fully saturated rings. The Hall–Kier alpha value is 1.09. The van der Waals surface area contributed by atoms with E-state index in [4.69, 9.17) is 0 Å². The van der Waals surface area contributed by atoms with Crippen LogP contribution in [0.1, 0.15) is 0 Å². The van der Waals surface area contributed by atoms with Crippen LogP contribution in [0.2, 0.25) is 0 Å². The molecule has 0 spiro atoms. The first-order chi connectivity index (χ1) is 0. The van der Waals surface area contributed by atoms with Crippen LogP contribution in [0.15, 0.2) is 0 Å². The van der Waals surface area contributed by atoms with Crippen LogP contribution in [-0.2, 0) is 39.9 Å². The first-order valence-electron chi connectivity index (χ1n) is 0. The molecule has 0 radical (unpaired) electrons. The molecular formula is H5O5PdRh. The molecule has 0 aliphatic carbocycles. The van der Waals surface area contributed by atoms with Gasteiger partial charge in [-0.2, -0.15) is 0 Å². The fraction of sp³-hybridized carbons (Fsp3) is 0. The van der Waals surface area contributed by atoms with Gasteiger partial charge >= 0.3 is 39.9 Å². The number of rotatable bonds is 0. The minimum Gasteiger partial charge on any atom is -0.870 e. The van der Waals surface area contributed by atoms with E-state index in [1.54, 1.807) is 0 Å². The van der Waals surface area contributed by atoms with Crippen molar-refractivity contribution in [2.75, 3.05) is 0 Å². The topological polar surface area (TPSA) is 150 Å². The Bertz CT molecular complexity index is 8.04. The Labute approximate surface area is 67.4 Å². The summed E-state index contributed by atoms with van der Waals surface area (Å²) in [6, 6.07) is 0. The maximum atomic E-state index is 0. The predicted molar refractivity (Wildman–Crippen MR) is 9.68 cm³/mol. The zero-order valence-corrected chi connectivity index (χ0v) is 6.08. The van der Waals surface area contributed by atoms with Gasteiger partial charge in [-0.05, 0) is 0 Å². The van der Waals surface area contributed by atoms with E-state index >= 15 is 0 Å². The largest absolute Gasteiger partial charge is 3.00 e. The maximum absolute atomic E-state index is 0. The third kappa shape index (κ3) is 155. The second-order valence-electron chi connectivity index (χ2n) is 0. The summed E-state index contributed by atoms with van der Waals surface area (Å²) >= 11 is 0. The summed E-state index contributed by atoms with van der Waals surface area (Å²) in [7, 11) is 0. The zero-order chi connectivity index (χ0) is 0. The van der Waals surface area contributed by atoms with Crippen molar-refractivity contribution in [1.82, 2.24) is 0 Å². The van der Waals surface area contributed by atoms with Crippen LogP contribution in [0.4, 0.5) is 0 Å². The third-order valence-electron chi connectivity index (χ3n) is 0. The minimum absolute atomic E-state index is 0. The van der Waals surface area contributed by atoms with Crippen molar-refractivity contribution >= 4 is 0 Å². The van der Waals surface area contributed by atoms with Crippen LogP contribution in [0, 0.1) is 0 Å². The van der Waals surface area contributed by atoms with Crippen molar-refractivity contribution in [1.29, 1.82) is 0 Å². The first kappa shape index (κ1) is 344. The van der Waals surface area contributed by atoms with Crippen molar-refractivity contribution < 1.29 is 67.3 Å². The smallest absolute Gasteiger partial charge is 0.870 e. The molecule has 0 atom stereocenters. The SMILES string of the molecule is [OH-].[OH-].[OH-].[OH-].[OH-].[Pd+2].[Rh+3]. The number of hydrogen-bond acceptors (Lipinski definition) is 5. The van der Waals surface area contributed by atoms with Crippen molar-refractivity contribution in [3.8, 4) is 0 Å². The molecule has 0 aromatic carbocycles. The van der Waals surface area contributed by atoms with Crippen molar-refractivity contribution in [2.24, 2.45) is 0 Å². The van der Waals surface area contributed by atoms with Crippen LogP contribution < -0.4 is 0 Å². The summed E-state index contributed by atoms with van der Waals surface area (Å²) in [5, 5.41) is 0. The molecule has 5 N–H and O–H groups in total. The van der Waals surface area contributed by atoms with E-state index in [1.165, 1.54) is 0 Å². The molecule has 0 saturated heterocycles. The molecule has 7 heteroatoms. The molecule has 0 amide bonds. The molecule has 0 aliphatic heterocycles. The van der Waals surface area contributed by atoms with E-state index in [2.05, 4.69) is 0 Å². The van der Waals surface area contributed by atoms with E-state index < -0.39 is 0 Å². The first-order valence-corrected chi connectivity index (χ1v) is 0. The Balaban J connectivity index is 0. The summed E-state index contributed by atoms with van der Waals surface area (Å²) in [5.41, 5.74) is 0. The molecule has 0 unspecified atom stereocenters. The minimum atomic E-state index is 0. The Morgan fingerprint density at radius 1 is 0.429 bits per heavy atom. The Morgan fingerprint density at radius 2 is 0.429 bits per heavy atom. The van der Waals surface area contributed by atoms with E-state index in [0.717, 1.165) is 0 Å². The van der Waals surface area contributed by atoms with Crippen LogP contribution in [-0.4, -0.2) is 27.4 Å². The van der Waals surface area contributed by atoms with Crippen molar-refractivity contribution in [3.05, 3.63) is 0 Å². The third-order valence-corrected chi connectivity index (χ3v) is 0. The second kappa shape index (κ2) is 223. The standard InChI is InChI=1S/5H2O.Pd.Rh/h5*1H2;;/q;;;;;+2;+3/p-5. The van der Waals surface area contributed by atoms with Crippen molar-refractivity contribution in [3.63, 3.8) is 0 Å². The molecule has 0 aromatic rings. The van der Waals surface area contributed by atoms with Gasteiger partial charge in [0.1, 0.15) is 0 Å². The second-order valence-corrected chi connectivity index (χ2v) is 0. The van der Waals surface area contributed by atoms with Crippen LogP contribution >= 0.6 is 0 Å². The van der Waals surface area contributed by atoms with Crippen LogP contribution in [0.25, 0.3) is 0 Å². The van der Waals surface area contributed by atoms with Crippen LogP contribution in [0.3, 0.4) is 0 Å². The molecule has 0 bridgehead atoms. The average molecular weight is 294 g/mol. The molecule has 0 aliphatic rings. The van der Waals surface area contributed by atoms with Gasteiger partial charge < -0.3 is 27.4 Å². The van der Waals surface area contributed by atoms with Gasteiger partial charge in [-0.25, -0.2) is 0 Å². The zero-order valence-electron chi connectivity index (χ0n) is 2.89. The molecule has 54 valence electrons. The Morgan fingerprint density at radius 3 is 0.429 bits per heavy atom.